The van der Waals surface area contributed by atoms with E-state index in [1.165, 1.54) is 35.3 Å². The molecule has 0 amide bonds. The third-order valence-corrected chi connectivity index (χ3v) is 2.89. The zero-order chi connectivity index (χ0) is 11.5. The van der Waals surface area contributed by atoms with Crippen LogP contribution in [0.15, 0.2) is 46.1 Å². The first-order valence-corrected chi connectivity index (χ1v) is 5.40. The van der Waals surface area contributed by atoms with Gasteiger partial charge in [-0.2, -0.15) is 0 Å². The first-order chi connectivity index (χ1) is 7.66. The Morgan fingerprint density at radius 3 is 2.88 bits per heavy atom. The summed E-state index contributed by atoms with van der Waals surface area (Å²) in [6.45, 7) is 0.369. The molecule has 0 saturated carbocycles. The summed E-state index contributed by atoms with van der Waals surface area (Å²) >= 11 is 3.25. The van der Waals surface area contributed by atoms with Crippen LogP contribution in [0.1, 0.15) is 5.56 Å². The van der Waals surface area contributed by atoms with Gasteiger partial charge in [-0.25, -0.2) is 9.37 Å². The van der Waals surface area contributed by atoms with Gasteiger partial charge in [0.05, 0.1) is 12.9 Å². The second-order valence-electron chi connectivity index (χ2n) is 3.28. The maximum absolute atomic E-state index is 12.9. The van der Waals surface area contributed by atoms with Crippen molar-refractivity contribution in [2.75, 3.05) is 0 Å². The van der Waals surface area contributed by atoms with E-state index in [2.05, 4.69) is 20.9 Å². The average Bonchev–Trinajstić information content (AvgIpc) is 2.25. The Bertz CT molecular complexity index is 568. The van der Waals surface area contributed by atoms with Gasteiger partial charge in [-0.15, -0.1) is 0 Å². The molecule has 3 nitrogen and oxygen atoms in total. The van der Waals surface area contributed by atoms with E-state index < -0.39 is 0 Å². The lowest BCUT2D eigenvalue weighted by molar-refractivity contribution is 0.624. The number of hydrogen-bond acceptors (Lipinski definition) is 2. The molecule has 0 spiro atoms. The highest BCUT2D eigenvalue weighted by molar-refractivity contribution is 9.10. The summed E-state index contributed by atoms with van der Waals surface area (Å²) in [7, 11) is 0. The zero-order valence-corrected chi connectivity index (χ0v) is 9.82. The Hall–Kier alpha value is -1.49. The molecule has 1 aromatic carbocycles. The van der Waals surface area contributed by atoms with Crippen molar-refractivity contribution in [3.8, 4) is 0 Å². The van der Waals surface area contributed by atoms with Gasteiger partial charge in [0.25, 0.3) is 5.56 Å². The molecule has 0 bridgehead atoms. The van der Waals surface area contributed by atoms with E-state index >= 15 is 0 Å². The van der Waals surface area contributed by atoms with Crippen LogP contribution in [0.3, 0.4) is 0 Å². The highest BCUT2D eigenvalue weighted by Gasteiger charge is 2.03. The number of halogens is 2. The largest absolute Gasteiger partial charge is 0.295 e. The molecule has 0 fully saturated rings. The van der Waals surface area contributed by atoms with Gasteiger partial charge in [0.1, 0.15) is 5.82 Å². The highest BCUT2D eigenvalue weighted by atomic mass is 79.9. The van der Waals surface area contributed by atoms with E-state index in [1.807, 2.05) is 0 Å². The molecule has 1 aromatic heterocycles. The number of benzene rings is 1. The van der Waals surface area contributed by atoms with Crippen molar-refractivity contribution in [3.05, 3.63) is 63.0 Å². The molecule has 16 heavy (non-hydrogen) atoms. The fourth-order valence-electron chi connectivity index (χ4n) is 1.33. The summed E-state index contributed by atoms with van der Waals surface area (Å²) in [6.07, 6.45) is 2.90. The summed E-state index contributed by atoms with van der Waals surface area (Å²) in [5.41, 5.74) is 0.697. The minimum absolute atomic E-state index is 0.133. The third kappa shape index (κ3) is 2.36. The van der Waals surface area contributed by atoms with Gasteiger partial charge < -0.3 is 0 Å². The molecule has 1 heterocycles. The predicted molar refractivity (Wildman–Crippen MR) is 61.7 cm³/mol. The molecule has 0 radical (unpaired) electrons. The lowest BCUT2D eigenvalue weighted by Gasteiger charge is -2.06. The predicted octanol–water partition coefficient (Wildman–Crippen LogP) is 2.19. The lowest BCUT2D eigenvalue weighted by atomic mass is 10.2. The van der Waals surface area contributed by atoms with E-state index in [9.17, 15) is 9.18 Å². The first-order valence-electron chi connectivity index (χ1n) is 4.61. The molecule has 82 valence electrons. The summed E-state index contributed by atoms with van der Waals surface area (Å²) in [5, 5.41) is 0. The molecule has 0 aliphatic heterocycles. The fourth-order valence-corrected chi connectivity index (χ4v) is 1.81. The minimum Gasteiger partial charge on any atom is -0.295 e. The molecular formula is C11H8BrFN2O. The topological polar surface area (TPSA) is 34.9 Å². The van der Waals surface area contributed by atoms with E-state index in [-0.39, 0.29) is 11.4 Å². The summed E-state index contributed by atoms with van der Waals surface area (Å²) in [4.78, 5) is 15.3. The second-order valence-corrected chi connectivity index (χ2v) is 4.14. The Kier molecular flexibility index (Phi) is 3.14. The monoisotopic (exact) mass is 282 g/mol. The smallest absolute Gasteiger partial charge is 0.253 e. The van der Waals surface area contributed by atoms with Crippen LogP contribution >= 0.6 is 15.9 Å². The molecule has 0 aliphatic carbocycles. The zero-order valence-electron chi connectivity index (χ0n) is 8.23. The van der Waals surface area contributed by atoms with E-state index in [4.69, 9.17) is 0 Å². The quantitative estimate of drug-likeness (QED) is 0.846. The fraction of sp³-hybridized carbons (Fsp3) is 0.0909. The van der Waals surface area contributed by atoms with Crippen molar-refractivity contribution in [2.24, 2.45) is 0 Å². The van der Waals surface area contributed by atoms with Gasteiger partial charge >= 0.3 is 0 Å². The second kappa shape index (κ2) is 4.57. The van der Waals surface area contributed by atoms with Crippen LogP contribution in [0.4, 0.5) is 4.39 Å². The maximum Gasteiger partial charge on any atom is 0.253 e. The average molecular weight is 283 g/mol. The number of rotatable bonds is 2. The summed E-state index contributed by atoms with van der Waals surface area (Å²) in [6, 6.07) is 5.76. The van der Waals surface area contributed by atoms with Crippen LogP contribution in [0.5, 0.6) is 0 Å². The van der Waals surface area contributed by atoms with Crippen LogP contribution in [-0.4, -0.2) is 9.55 Å². The Morgan fingerprint density at radius 1 is 1.38 bits per heavy atom. The van der Waals surface area contributed by atoms with E-state index in [0.29, 0.717) is 11.0 Å². The number of aromatic nitrogens is 2. The highest BCUT2D eigenvalue weighted by Crippen LogP contribution is 2.18. The third-order valence-electron chi connectivity index (χ3n) is 2.15. The van der Waals surface area contributed by atoms with Crippen LogP contribution in [0, 0.1) is 5.82 Å². The molecule has 0 saturated heterocycles. The standard InChI is InChI=1S/C11H8BrFN2O/c12-10-5-9(13)2-1-8(10)6-15-7-14-4-3-11(15)16/h1-5,7H,6H2. The Morgan fingerprint density at radius 2 is 2.19 bits per heavy atom. The first kappa shape index (κ1) is 11.0. The van der Waals surface area contributed by atoms with Crippen LogP contribution < -0.4 is 5.56 Å². The lowest BCUT2D eigenvalue weighted by Crippen LogP contribution is -2.19. The molecule has 0 aliphatic rings. The van der Waals surface area contributed by atoms with Crippen LogP contribution in [-0.2, 0) is 6.54 Å². The van der Waals surface area contributed by atoms with Gasteiger partial charge in [-0.3, -0.25) is 9.36 Å². The maximum atomic E-state index is 12.9. The van der Waals surface area contributed by atoms with Gasteiger partial charge in [0, 0.05) is 16.7 Å². The molecule has 0 unspecified atom stereocenters. The van der Waals surface area contributed by atoms with Crippen molar-refractivity contribution < 1.29 is 4.39 Å². The van der Waals surface area contributed by atoms with E-state index in [1.54, 1.807) is 6.07 Å². The molecular weight excluding hydrogens is 275 g/mol. The molecule has 2 rings (SSSR count). The molecule has 0 N–H and O–H groups in total. The Labute approximate surface area is 99.7 Å². The number of hydrogen-bond donors (Lipinski definition) is 0. The number of nitrogens with zero attached hydrogens (tertiary/aromatic N) is 2. The molecule has 5 heteroatoms. The SMILES string of the molecule is O=c1ccncn1Cc1ccc(F)cc1Br. The van der Waals surface area contributed by atoms with Gasteiger partial charge in [-0.05, 0) is 17.7 Å². The summed E-state index contributed by atoms with van der Waals surface area (Å²) < 4.78 is 15.0. The minimum atomic E-state index is -0.311. The van der Waals surface area contributed by atoms with Crippen LogP contribution in [0.2, 0.25) is 0 Å². The van der Waals surface area contributed by atoms with Crippen molar-refractivity contribution in [3.63, 3.8) is 0 Å². The van der Waals surface area contributed by atoms with Crippen molar-refractivity contribution in [2.45, 2.75) is 6.54 Å². The van der Waals surface area contributed by atoms with Gasteiger partial charge in [0.2, 0.25) is 0 Å². The molecule has 0 atom stereocenters. The van der Waals surface area contributed by atoms with Gasteiger partial charge in [0.15, 0.2) is 0 Å². The van der Waals surface area contributed by atoms with Crippen LogP contribution in [0.25, 0.3) is 0 Å². The van der Waals surface area contributed by atoms with Crippen molar-refractivity contribution in [1.82, 2.24) is 9.55 Å². The van der Waals surface area contributed by atoms with E-state index in [0.717, 1.165) is 5.56 Å². The Balaban J connectivity index is 2.35. The van der Waals surface area contributed by atoms with Crippen molar-refractivity contribution >= 4 is 15.9 Å². The summed E-state index contributed by atoms with van der Waals surface area (Å²) in [5.74, 6) is -0.311. The van der Waals surface area contributed by atoms with Gasteiger partial charge in [-0.1, -0.05) is 22.0 Å². The molecule has 2 aromatic rings. The normalized spacial score (nSPS) is 10.4. The van der Waals surface area contributed by atoms with Crippen molar-refractivity contribution in [1.29, 1.82) is 0 Å².